The lowest BCUT2D eigenvalue weighted by Gasteiger charge is -2.29. The Balaban J connectivity index is 4.19. The molecule has 0 fully saturated rings. The summed E-state index contributed by atoms with van der Waals surface area (Å²) in [6.45, 7) is 6.19. The van der Waals surface area contributed by atoms with Gasteiger partial charge in [-0.05, 0) is 19.3 Å². The fourth-order valence-electron chi connectivity index (χ4n) is 1.24. The minimum atomic E-state index is -0.206. The van der Waals surface area contributed by atoms with Crippen LogP contribution in [0.2, 0.25) is 0 Å². The molecule has 0 aromatic carbocycles. The summed E-state index contributed by atoms with van der Waals surface area (Å²) in [5.74, 6) is -0.0962. The van der Waals surface area contributed by atoms with E-state index in [1.807, 2.05) is 22.6 Å². The Morgan fingerprint density at radius 1 is 1.25 bits per heavy atom. The van der Waals surface area contributed by atoms with Crippen LogP contribution < -0.4 is 0 Å². The zero-order valence-electron chi connectivity index (χ0n) is 8.02. The third-order valence-corrected chi connectivity index (χ3v) is 3.00. The molecule has 0 aromatic heterocycles. The fourth-order valence-corrected chi connectivity index (χ4v) is 1.39. The van der Waals surface area contributed by atoms with Gasteiger partial charge in [0.1, 0.15) is 5.60 Å². The van der Waals surface area contributed by atoms with E-state index in [1.165, 1.54) is 0 Å². The van der Waals surface area contributed by atoms with E-state index in [4.69, 9.17) is 4.74 Å². The normalized spacial score (nSPS) is 11.3. The van der Waals surface area contributed by atoms with E-state index in [0.717, 1.165) is 19.3 Å². The first-order valence-electron chi connectivity index (χ1n) is 4.42. The van der Waals surface area contributed by atoms with Crippen LogP contribution in [0.4, 0.5) is 0 Å². The summed E-state index contributed by atoms with van der Waals surface area (Å²) in [4.78, 5) is 11.1. The van der Waals surface area contributed by atoms with Gasteiger partial charge in [-0.3, -0.25) is 4.79 Å². The standard InChI is InChI=1S/C9H17IO2/c1-4-9(5-2,6-3)12-8(11)7-10/h4-7H2,1-3H3. The molecule has 0 heterocycles. The smallest absolute Gasteiger partial charge is 0.316 e. The quantitative estimate of drug-likeness (QED) is 0.441. The van der Waals surface area contributed by atoms with Crippen LogP contribution in [-0.2, 0) is 9.53 Å². The van der Waals surface area contributed by atoms with Crippen LogP contribution in [0.5, 0.6) is 0 Å². The molecule has 0 aliphatic carbocycles. The highest BCUT2D eigenvalue weighted by molar-refractivity contribution is 14.1. The van der Waals surface area contributed by atoms with E-state index in [1.54, 1.807) is 0 Å². The molecule has 3 heteroatoms. The summed E-state index contributed by atoms with van der Waals surface area (Å²) in [5, 5.41) is 0. The molecule has 72 valence electrons. The monoisotopic (exact) mass is 284 g/mol. The number of esters is 1. The molecular formula is C9H17IO2. The third-order valence-electron chi connectivity index (χ3n) is 2.37. The second kappa shape index (κ2) is 5.78. The van der Waals surface area contributed by atoms with Crippen LogP contribution in [0.3, 0.4) is 0 Å². The van der Waals surface area contributed by atoms with Crippen molar-refractivity contribution in [2.45, 2.75) is 45.6 Å². The van der Waals surface area contributed by atoms with Crippen LogP contribution >= 0.6 is 22.6 Å². The molecule has 0 unspecified atom stereocenters. The molecule has 0 bridgehead atoms. The molecule has 0 aliphatic rings. The van der Waals surface area contributed by atoms with E-state index in [-0.39, 0.29) is 11.6 Å². The van der Waals surface area contributed by atoms with Crippen LogP contribution in [-0.4, -0.2) is 16.0 Å². The zero-order chi connectivity index (χ0) is 9.61. The minimum Gasteiger partial charge on any atom is -0.459 e. The van der Waals surface area contributed by atoms with Crippen molar-refractivity contribution in [2.75, 3.05) is 4.43 Å². The first-order chi connectivity index (χ1) is 5.64. The highest BCUT2D eigenvalue weighted by atomic mass is 127. The van der Waals surface area contributed by atoms with Gasteiger partial charge in [0.15, 0.2) is 0 Å². The molecule has 0 saturated carbocycles. The first kappa shape index (κ1) is 12.2. The minimum absolute atomic E-state index is 0.0962. The molecule has 0 saturated heterocycles. The van der Waals surface area contributed by atoms with Crippen molar-refractivity contribution in [1.82, 2.24) is 0 Å². The summed E-state index contributed by atoms with van der Waals surface area (Å²) in [6, 6.07) is 0. The Hall–Kier alpha value is 0.200. The summed E-state index contributed by atoms with van der Waals surface area (Å²) >= 11 is 2.03. The summed E-state index contributed by atoms with van der Waals surface area (Å²) in [6.07, 6.45) is 2.72. The molecule has 0 radical (unpaired) electrons. The molecule has 12 heavy (non-hydrogen) atoms. The predicted molar refractivity (Wildman–Crippen MR) is 58.6 cm³/mol. The van der Waals surface area contributed by atoms with Gasteiger partial charge in [-0.15, -0.1) is 0 Å². The van der Waals surface area contributed by atoms with Crippen molar-refractivity contribution in [3.05, 3.63) is 0 Å². The average Bonchev–Trinajstić information content (AvgIpc) is 2.14. The lowest BCUT2D eigenvalue weighted by molar-refractivity contribution is -0.157. The van der Waals surface area contributed by atoms with Crippen LogP contribution in [0.25, 0.3) is 0 Å². The molecular weight excluding hydrogens is 267 g/mol. The SMILES string of the molecule is CCC(CC)(CC)OC(=O)CI. The van der Waals surface area contributed by atoms with Crippen molar-refractivity contribution in [3.8, 4) is 0 Å². The Kier molecular flexibility index (Phi) is 5.88. The van der Waals surface area contributed by atoms with Gasteiger partial charge in [-0.25, -0.2) is 0 Å². The molecule has 2 nitrogen and oxygen atoms in total. The van der Waals surface area contributed by atoms with Crippen LogP contribution in [0.15, 0.2) is 0 Å². The van der Waals surface area contributed by atoms with Gasteiger partial charge in [0.25, 0.3) is 0 Å². The summed E-state index contributed by atoms with van der Waals surface area (Å²) in [7, 11) is 0. The lowest BCUT2D eigenvalue weighted by atomic mass is 9.94. The van der Waals surface area contributed by atoms with Crippen LogP contribution in [0, 0.1) is 0 Å². The number of hydrogen-bond donors (Lipinski definition) is 0. The second-order valence-electron chi connectivity index (χ2n) is 2.85. The number of alkyl halides is 1. The van der Waals surface area contributed by atoms with Gasteiger partial charge in [0, 0.05) is 0 Å². The maximum atomic E-state index is 11.1. The van der Waals surface area contributed by atoms with Crippen molar-refractivity contribution in [2.24, 2.45) is 0 Å². The number of halogens is 1. The molecule has 0 atom stereocenters. The number of hydrogen-bond acceptors (Lipinski definition) is 2. The highest BCUT2D eigenvalue weighted by Crippen LogP contribution is 2.24. The molecule has 0 spiro atoms. The van der Waals surface area contributed by atoms with Gasteiger partial charge >= 0.3 is 5.97 Å². The lowest BCUT2D eigenvalue weighted by Crippen LogP contribution is -2.33. The third kappa shape index (κ3) is 3.29. The number of carbonyl (C=O) groups is 1. The van der Waals surface area contributed by atoms with E-state index in [9.17, 15) is 4.79 Å². The van der Waals surface area contributed by atoms with Crippen molar-refractivity contribution in [3.63, 3.8) is 0 Å². The summed E-state index contributed by atoms with van der Waals surface area (Å²) in [5.41, 5.74) is -0.206. The molecule has 0 aliphatic heterocycles. The van der Waals surface area contributed by atoms with E-state index in [0.29, 0.717) is 4.43 Å². The Morgan fingerprint density at radius 3 is 1.92 bits per heavy atom. The Morgan fingerprint density at radius 2 is 1.67 bits per heavy atom. The number of rotatable bonds is 5. The topological polar surface area (TPSA) is 26.3 Å². The highest BCUT2D eigenvalue weighted by Gasteiger charge is 2.27. The van der Waals surface area contributed by atoms with Crippen LogP contribution in [0.1, 0.15) is 40.0 Å². The van der Waals surface area contributed by atoms with Gasteiger partial charge in [0.2, 0.25) is 0 Å². The number of carbonyl (C=O) groups excluding carboxylic acids is 1. The predicted octanol–water partition coefficient (Wildman–Crippen LogP) is 2.93. The number of ether oxygens (including phenoxy) is 1. The van der Waals surface area contributed by atoms with Crippen molar-refractivity contribution in [1.29, 1.82) is 0 Å². The Labute approximate surface area is 88.2 Å². The molecule has 0 N–H and O–H groups in total. The summed E-state index contributed by atoms with van der Waals surface area (Å²) < 4.78 is 5.83. The second-order valence-corrected chi connectivity index (χ2v) is 3.61. The first-order valence-corrected chi connectivity index (χ1v) is 5.94. The van der Waals surface area contributed by atoms with Gasteiger partial charge in [0.05, 0.1) is 4.43 Å². The van der Waals surface area contributed by atoms with Gasteiger partial charge in [-0.2, -0.15) is 0 Å². The fraction of sp³-hybridized carbons (Fsp3) is 0.889. The van der Waals surface area contributed by atoms with Crippen molar-refractivity contribution >= 4 is 28.6 Å². The maximum absolute atomic E-state index is 11.1. The van der Waals surface area contributed by atoms with Gasteiger partial charge in [-0.1, -0.05) is 43.4 Å². The molecule has 0 amide bonds. The molecule has 0 rings (SSSR count). The largest absolute Gasteiger partial charge is 0.459 e. The van der Waals surface area contributed by atoms with Gasteiger partial charge < -0.3 is 4.74 Å². The van der Waals surface area contributed by atoms with E-state index >= 15 is 0 Å². The zero-order valence-corrected chi connectivity index (χ0v) is 10.2. The van der Waals surface area contributed by atoms with Crippen molar-refractivity contribution < 1.29 is 9.53 Å². The Bertz CT molecular complexity index is 133. The molecule has 0 aromatic rings. The van der Waals surface area contributed by atoms with E-state index < -0.39 is 0 Å². The average molecular weight is 284 g/mol. The maximum Gasteiger partial charge on any atom is 0.316 e. The van der Waals surface area contributed by atoms with E-state index in [2.05, 4.69) is 20.8 Å².